The van der Waals surface area contributed by atoms with Gasteiger partial charge in [0.15, 0.2) is 0 Å². The molecule has 1 N–H and O–H groups in total. The molecule has 34 heavy (non-hydrogen) atoms. The van der Waals surface area contributed by atoms with Crippen molar-refractivity contribution in [2.45, 2.75) is 79.6 Å². The molecule has 0 unspecified atom stereocenters. The van der Waals surface area contributed by atoms with Crippen LogP contribution in [0.1, 0.15) is 55.4 Å². The van der Waals surface area contributed by atoms with Crippen molar-refractivity contribution in [3.63, 3.8) is 0 Å². The summed E-state index contributed by atoms with van der Waals surface area (Å²) in [5.41, 5.74) is 0.212. The van der Waals surface area contributed by atoms with Gasteiger partial charge < -0.3 is 29.2 Å². The van der Waals surface area contributed by atoms with E-state index in [1.807, 2.05) is 44.4 Å². The maximum atomic E-state index is 11.7. The van der Waals surface area contributed by atoms with Crippen molar-refractivity contribution >= 4 is 23.9 Å². The Morgan fingerprint density at radius 3 is 1.26 bits per heavy atom. The minimum atomic E-state index is -0.759. The Kier molecular flexibility index (Phi) is 21.5. The van der Waals surface area contributed by atoms with Crippen LogP contribution in [0.3, 0.4) is 0 Å². The van der Waals surface area contributed by atoms with Crippen LogP contribution in [0.2, 0.25) is 0 Å². The molecule has 0 aliphatic heterocycles. The second-order valence-corrected chi connectivity index (χ2v) is 7.85. The Morgan fingerprint density at radius 2 is 1.06 bits per heavy atom. The van der Waals surface area contributed by atoms with Crippen molar-refractivity contribution < 1.29 is 38.1 Å². The van der Waals surface area contributed by atoms with Crippen LogP contribution >= 0.6 is 0 Å². The Labute approximate surface area is 204 Å². The summed E-state index contributed by atoms with van der Waals surface area (Å²) in [5.74, 6) is 1.16. The van der Waals surface area contributed by atoms with Crippen LogP contribution in [0.4, 0.5) is 0 Å². The Balaban J connectivity index is -0.000000477. The number of rotatable bonds is 7. The fourth-order valence-electron chi connectivity index (χ4n) is 2.54. The van der Waals surface area contributed by atoms with E-state index in [1.165, 1.54) is 28.4 Å². The molecule has 0 radical (unpaired) electrons. The number of carbonyl (C=O) groups is 4. The molecule has 0 aromatic rings. The van der Waals surface area contributed by atoms with Crippen LogP contribution in [-0.2, 0) is 38.1 Å². The van der Waals surface area contributed by atoms with Crippen LogP contribution in [-0.4, -0.2) is 81.4 Å². The number of esters is 4. The first kappa shape index (κ1) is 35.5. The molecule has 0 saturated carbocycles. The summed E-state index contributed by atoms with van der Waals surface area (Å²) < 4.78 is 17.5. The first-order valence-corrected chi connectivity index (χ1v) is 10.8. The third kappa shape index (κ3) is 19.6. The molecule has 0 fully saturated rings. The van der Waals surface area contributed by atoms with Gasteiger partial charge >= 0.3 is 23.9 Å². The number of nitrogens with one attached hydrogen (secondary N) is 1. The molecule has 0 heterocycles. The highest BCUT2D eigenvalue weighted by Gasteiger charge is 2.24. The van der Waals surface area contributed by atoms with Crippen LogP contribution in [0, 0.1) is 11.8 Å². The van der Waals surface area contributed by atoms with Crippen molar-refractivity contribution in [1.82, 2.24) is 10.2 Å². The summed E-state index contributed by atoms with van der Waals surface area (Å²) in [6.45, 7) is 16.4. The summed E-state index contributed by atoms with van der Waals surface area (Å²) in [7, 11) is 4.90. The van der Waals surface area contributed by atoms with Crippen molar-refractivity contribution in [3.8, 4) is 11.8 Å². The zero-order valence-electron chi connectivity index (χ0n) is 22.6. The lowest BCUT2D eigenvalue weighted by Gasteiger charge is -2.33. The Hall–Kier alpha value is -3.06. The van der Waals surface area contributed by atoms with Gasteiger partial charge in [-0.05, 0) is 27.7 Å². The normalized spacial score (nSPS) is 10.2. The largest absolute Gasteiger partial charge is 0.466 e. The third-order valence-electron chi connectivity index (χ3n) is 3.55. The van der Waals surface area contributed by atoms with E-state index in [1.54, 1.807) is 0 Å². The van der Waals surface area contributed by atoms with Crippen molar-refractivity contribution in [1.29, 1.82) is 0 Å². The lowest BCUT2D eigenvalue weighted by Crippen LogP contribution is -2.39. The molecule has 0 rings (SSSR count). The van der Waals surface area contributed by atoms with Gasteiger partial charge in [0.2, 0.25) is 0 Å². The topological polar surface area (TPSA) is 120 Å². The number of ether oxygens (including phenoxy) is 4. The fraction of sp³-hybridized carbons (Fsp3) is 0.667. The first-order chi connectivity index (χ1) is 15.7. The van der Waals surface area contributed by atoms with E-state index in [4.69, 9.17) is 0 Å². The highest BCUT2D eigenvalue weighted by Crippen LogP contribution is 2.15. The SMILES string of the molecule is CC(C)NC(C)C.COC(=O)/C=C(\C(=O)OC)N(C(C)C)C(C)C.COC(=O)C#CC(=O)OC. The van der Waals surface area contributed by atoms with E-state index in [-0.39, 0.29) is 17.8 Å². The standard InChI is InChI=1S/C12H21NO4.C6H15N.C6H6O4/c1-8(2)13(9(3)4)10(12(15)17-6)7-11(14)16-5;1-5(2)7-6(3)4;1-9-5(7)3-4-6(8)10-2/h7-9H,1-6H3;5-7H,1-4H3;1-2H3/b10-7+;;. The number of methoxy groups -OCH3 is 4. The van der Waals surface area contributed by atoms with E-state index >= 15 is 0 Å². The quantitative estimate of drug-likeness (QED) is 0.188. The molecule has 0 aromatic heterocycles. The first-order valence-electron chi connectivity index (χ1n) is 10.8. The molecule has 0 aliphatic carbocycles. The molecule has 0 aromatic carbocycles. The van der Waals surface area contributed by atoms with E-state index in [0.717, 1.165) is 6.08 Å². The van der Waals surface area contributed by atoms with E-state index in [0.29, 0.717) is 12.1 Å². The number of hydrogen-bond acceptors (Lipinski definition) is 10. The van der Waals surface area contributed by atoms with Gasteiger partial charge in [-0.25, -0.2) is 19.2 Å². The van der Waals surface area contributed by atoms with Gasteiger partial charge in [0.1, 0.15) is 5.70 Å². The lowest BCUT2D eigenvalue weighted by atomic mass is 10.2. The molecule has 10 heteroatoms. The van der Waals surface area contributed by atoms with Crippen LogP contribution < -0.4 is 5.32 Å². The van der Waals surface area contributed by atoms with E-state index in [2.05, 4.69) is 52.0 Å². The predicted octanol–water partition coefficient (Wildman–Crippen LogP) is 2.06. The van der Waals surface area contributed by atoms with Gasteiger partial charge in [0, 0.05) is 36.0 Å². The van der Waals surface area contributed by atoms with Gasteiger partial charge in [0.05, 0.1) is 34.5 Å². The highest BCUT2D eigenvalue weighted by atomic mass is 16.5. The summed E-state index contributed by atoms with van der Waals surface area (Å²) in [4.78, 5) is 45.2. The summed E-state index contributed by atoms with van der Waals surface area (Å²) in [6.07, 6.45) is 1.16. The number of nitrogens with zero attached hydrogens (tertiary/aromatic N) is 1. The monoisotopic (exact) mass is 486 g/mol. The van der Waals surface area contributed by atoms with Crippen LogP contribution in [0.5, 0.6) is 0 Å². The van der Waals surface area contributed by atoms with Gasteiger partial charge in [-0.15, -0.1) is 0 Å². The molecule has 0 aliphatic rings. The zero-order chi connectivity index (χ0) is 27.4. The molecular weight excluding hydrogens is 444 g/mol. The maximum Gasteiger partial charge on any atom is 0.384 e. The smallest absolute Gasteiger partial charge is 0.384 e. The summed E-state index contributed by atoms with van der Waals surface area (Å²) in [6, 6.07) is 1.40. The van der Waals surface area contributed by atoms with Crippen molar-refractivity contribution in [2.24, 2.45) is 0 Å². The maximum absolute atomic E-state index is 11.7. The molecule has 0 saturated heterocycles. The van der Waals surface area contributed by atoms with Crippen molar-refractivity contribution in [2.75, 3.05) is 28.4 Å². The highest BCUT2D eigenvalue weighted by molar-refractivity contribution is 5.98. The predicted molar refractivity (Wildman–Crippen MR) is 129 cm³/mol. The fourth-order valence-corrected chi connectivity index (χ4v) is 2.54. The minimum Gasteiger partial charge on any atom is -0.466 e. The minimum absolute atomic E-state index is 0.0741. The van der Waals surface area contributed by atoms with Crippen molar-refractivity contribution in [3.05, 3.63) is 11.8 Å². The number of hydrogen-bond donors (Lipinski definition) is 1. The molecule has 10 nitrogen and oxygen atoms in total. The van der Waals surface area contributed by atoms with Crippen LogP contribution in [0.15, 0.2) is 11.8 Å². The average molecular weight is 487 g/mol. The number of carbonyl (C=O) groups excluding carboxylic acids is 4. The molecule has 0 atom stereocenters. The molecule has 0 amide bonds. The van der Waals surface area contributed by atoms with Gasteiger partial charge in [-0.2, -0.15) is 0 Å². The Morgan fingerprint density at radius 1 is 0.676 bits per heavy atom. The summed E-state index contributed by atoms with van der Waals surface area (Å²) in [5, 5.41) is 3.31. The van der Waals surface area contributed by atoms with Crippen LogP contribution in [0.25, 0.3) is 0 Å². The molecule has 196 valence electrons. The van der Waals surface area contributed by atoms with Gasteiger partial charge in [-0.3, -0.25) is 0 Å². The second-order valence-electron chi connectivity index (χ2n) is 7.85. The van der Waals surface area contributed by atoms with Gasteiger partial charge in [-0.1, -0.05) is 27.7 Å². The average Bonchev–Trinajstić information content (AvgIpc) is 2.75. The third-order valence-corrected chi connectivity index (χ3v) is 3.55. The zero-order valence-corrected chi connectivity index (χ0v) is 22.6. The lowest BCUT2D eigenvalue weighted by molar-refractivity contribution is -0.140. The summed E-state index contributed by atoms with van der Waals surface area (Å²) >= 11 is 0. The molecule has 0 spiro atoms. The van der Waals surface area contributed by atoms with E-state index in [9.17, 15) is 19.2 Å². The Bertz CT molecular complexity index is 682. The molecular formula is C24H42N2O8. The molecule has 0 bridgehead atoms. The van der Waals surface area contributed by atoms with Gasteiger partial charge in [0.25, 0.3) is 0 Å². The van der Waals surface area contributed by atoms with E-state index < -0.39 is 23.9 Å². The second kappa shape index (κ2) is 20.5.